The molecule has 2 rings (SSSR count). The van der Waals surface area contributed by atoms with Gasteiger partial charge in [0, 0.05) is 19.4 Å². The van der Waals surface area contributed by atoms with E-state index in [-0.39, 0.29) is 23.5 Å². The molecular weight excluding hydrogens is 200 g/mol. The predicted molar refractivity (Wildman–Crippen MR) is 49.5 cm³/mol. The first kappa shape index (κ1) is 9.79. The molecule has 5 nitrogen and oxygen atoms in total. The van der Waals surface area contributed by atoms with E-state index >= 15 is 0 Å². The molecule has 0 saturated heterocycles. The monoisotopic (exact) mass is 210 g/mol. The van der Waals surface area contributed by atoms with E-state index in [1.165, 1.54) is 13.0 Å². The van der Waals surface area contributed by atoms with Crippen LogP contribution in [-0.4, -0.2) is 27.1 Å². The molecule has 0 aromatic heterocycles. The molecule has 0 fully saturated rings. The van der Waals surface area contributed by atoms with Crippen molar-refractivity contribution in [2.24, 2.45) is 0 Å². The van der Waals surface area contributed by atoms with E-state index in [4.69, 9.17) is 4.74 Å². The molecule has 1 atom stereocenters. The van der Waals surface area contributed by atoms with Gasteiger partial charge >= 0.3 is 5.97 Å². The van der Waals surface area contributed by atoms with Crippen LogP contribution in [0, 0.1) is 0 Å². The zero-order valence-electron chi connectivity index (χ0n) is 8.02. The normalized spacial score (nSPS) is 24.5. The van der Waals surface area contributed by atoms with Crippen LogP contribution >= 0.6 is 0 Å². The van der Waals surface area contributed by atoms with Gasteiger partial charge in [-0.05, 0) is 11.6 Å². The Hall–Kier alpha value is -1.75. The molecule has 0 saturated carbocycles. The summed E-state index contributed by atoms with van der Waals surface area (Å²) >= 11 is 0. The number of phenolic OH excluding ortho intramolecular Hbond substituents is 2. The minimum atomic E-state index is -1.59. The van der Waals surface area contributed by atoms with E-state index in [0.29, 0.717) is 5.56 Å². The summed E-state index contributed by atoms with van der Waals surface area (Å²) in [5, 5.41) is 28.2. The van der Waals surface area contributed by atoms with Crippen molar-refractivity contribution >= 4 is 5.97 Å². The number of esters is 1. The van der Waals surface area contributed by atoms with Gasteiger partial charge in [-0.2, -0.15) is 0 Å². The Kier molecular flexibility index (Phi) is 1.87. The van der Waals surface area contributed by atoms with Gasteiger partial charge in [-0.25, -0.2) is 4.79 Å². The summed E-state index contributed by atoms with van der Waals surface area (Å²) in [5.74, 6) is -2.88. The Morgan fingerprint density at radius 3 is 2.73 bits per heavy atom. The second kappa shape index (κ2) is 2.87. The van der Waals surface area contributed by atoms with E-state index in [2.05, 4.69) is 0 Å². The second-order valence-corrected chi connectivity index (χ2v) is 3.74. The third kappa shape index (κ3) is 1.61. The third-order valence-electron chi connectivity index (χ3n) is 2.22. The van der Waals surface area contributed by atoms with Crippen molar-refractivity contribution in [3.05, 3.63) is 23.3 Å². The van der Waals surface area contributed by atoms with Crippen LogP contribution in [0.4, 0.5) is 0 Å². The van der Waals surface area contributed by atoms with Gasteiger partial charge in [0.15, 0.2) is 0 Å². The van der Waals surface area contributed by atoms with Gasteiger partial charge in [-0.15, -0.1) is 0 Å². The van der Waals surface area contributed by atoms with Crippen LogP contribution in [-0.2, 0) is 11.2 Å². The van der Waals surface area contributed by atoms with Crippen LogP contribution in [0.15, 0.2) is 12.1 Å². The van der Waals surface area contributed by atoms with Crippen LogP contribution in [0.25, 0.3) is 0 Å². The molecule has 0 bridgehead atoms. The summed E-state index contributed by atoms with van der Waals surface area (Å²) in [6, 6.07) is 2.38. The van der Waals surface area contributed by atoms with Crippen molar-refractivity contribution in [1.29, 1.82) is 0 Å². The minimum absolute atomic E-state index is 0.000625. The minimum Gasteiger partial charge on any atom is -0.508 e. The number of rotatable bonds is 0. The highest BCUT2D eigenvalue weighted by molar-refractivity contribution is 5.95. The van der Waals surface area contributed by atoms with Gasteiger partial charge in [-0.1, -0.05) is 0 Å². The molecule has 3 N–H and O–H groups in total. The molecule has 1 aromatic carbocycles. The van der Waals surface area contributed by atoms with Crippen LogP contribution in [0.2, 0.25) is 0 Å². The Labute approximate surface area is 85.5 Å². The van der Waals surface area contributed by atoms with E-state index in [0.717, 1.165) is 6.07 Å². The fourth-order valence-corrected chi connectivity index (χ4v) is 1.68. The molecule has 1 heterocycles. The maximum Gasteiger partial charge on any atom is 0.344 e. The predicted octanol–water partition coefficient (Wildman–Crippen LogP) is 0.519. The van der Waals surface area contributed by atoms with E-state index in [9.17, 15) is 20.1 Å². The smallest absolute Gasteiger partial charge is 0.344 e. The topological polar surface area (TPSA) is 87.0 Å². The average molecular weight is 210 g/mol. The molecule has 1 aliphatic heterocycles. The molecule has 0 radical (unpaired) electrons. The Balaban J connectivity index is 2.60. The Morgan fingerprint density at radius 2 is 2.07 bits per heavy atom. The number of aliphatic hydroxyl groups is 1. The van der Waals surface area contributed by atoms with Crippen molar-refractivity contribution < 1.29 is 24.9 Å². The quantitative estimate of drug-likeness (QED) is 0.543. The fraction of sp³-hybridized carbons (Fsp3) is 0.300. The lowest BCUT2D eigenvalue weighted by Crippen LogP contribution is -2.38. The van der Waals surface area contributed by atoms with Crippen molar-refractivity contribution in [3.8, 4) is 11.5 Å². The summed E-state index contributed by atoms with van der Waals surface area (Å²) in [4.78, 5) is 11.4. The van der Waals surface area contributed by atoms with E-state index in [1.807, 2.05) is 0 Å². The molecule has 1 aliphatic rings. The SMILES string of the molecule is C[C@@]1(O)Cc2cc(O)cc(O)c2C(=O)O1. The number of fused-ring (bicyclic) bond motifs is 1. The first-order valence-corrected chi connectivity index (χ1v) is 4.40. The van der Waals surface area contributed by atoms with E-state index in [1.54, 1.807) is 0 Å². The second-order valence-electron chi connectivity index (χ2n) is 3.74. The lowest BCUT2D eigenvalue weighted by molar-refractivity contribution is -0.154. The zero-order valence-corrected chi connectivity index (χ0v) is 8.02. The highest BCUT2D eigenvalue weighted by Gasteiger charge is 2.36. The lowest BCUT2D eigenvalue weighted by Gasteiger charge is -2.29. The summed E-state index contributed by atoms with van der Waals surface area (Å²) in [7, 11) is 0. The highest BCUT2D eigenvalue weighted by Crippen LogP contribution is 2.34. The number of carbonyl (C=O) groups is 1. The van der Waals surface area contributed by atoms with Crippen LogP contribution in [0.1, 0.15) is 22.8 Å². The average Bonchev–Trinajstić information content (AvgIpc) is 1.97. The van der Waals surface area contributed by atoms with E-state index < -0.39 is 11.8 Å². The van der Waals surface area contributed by atoms with Crippen molar-refractivity contribution in [2.75, 3.05) is 0 Å². The lowest BCUT2D eigenvalue weighted by atomic mass is 9.96. The number of benzene rings is 1. The number of cyclic esters (lactones) is 1. The summed E-state index contributed by atoms with van der Waals surface area (Å²) in [6.07, 6.45) is 0.0377. The maximum absolute atomic E-state index is 11.4. The Bertz CT molecular complexity index is 436. The molecular formula is C10H10O5. The number of phenols is 2. The van der Waals surface area contributed by atoms with Crippen molar-refractivity contribution in [2.45, 2.75) is 19.1 Å². The largest absolute Gasteiger partial charge is 0.508 e. The molecule has 1 aromatic rings. The number of hydrogen-bond acceptors (Lipinski definition) is 5. The summed E-state index contributed by atoms with van der Waals surface area (Å²) < 4.78 is 4.70. The first-order chi connectivity index (χ1) is 6.89. The Morgan fingerprint density at radius 1 is 1.40 bits per heavy atom. The molecule has 80 valence electrons. The molecule has 0 aliphatic carbocycles. The maximum atomic E-state index is 11.4. The summed E-state index contributed by atoms with van der Waals surface area (Å²) in [6.45, 7) is 1.34. The van der Waals surface area contributed by atoms with Gasteiger partial charge in [0.25, 0.3) is 0 Å². The van der Waals surface area contributed by atoms with Gasteiger partial charge in [-0.3, -0.25) is 0 Å². The van der Waals surface area contributed by atoms with Gasteiger partial charge in [0.2, 0.25) is 5.79 Å². The molecule has 0 unspecified atom stereocenters. The molecule has 15 heavy (non-hydrogen) atoms. The number of ether oxygens (including phenoxy) is 1. The zero-order chi connectivity index (χ0) is 11.2. The van der Waals surface area contributed by atoms with Gasteiger partial charge in [0.1, 0.15) is 17.1 Å². The van der Waals surface area contributed by atoms with Gasteiger partial charge in [0.05, 0.1) is 0 Å². The number of carbonyl (C=O) groups excluding carboxylic acids is 1. The number of hydrogen-bond donors (Lipinski definition) is 3. The van der Waals surface area contributed by atoms with Gasteiger partial charge < -0.3 is 20.1 Å². The number of aromatic hydroxyl groups is 2. The standard InChI is InChI=1S/C10H10O5/c1-10(14)4-5-2-6(11)3-7(12)8(5)9(13)15-10/h2-3,11-12,14H,4H2,1H3/t10-/m0/s1. The first-order valence-electron chi connectivity index (χ1n) is 4.40. The highest BCUT2D eigenvalue weighted by atomic mass is 16.7. The molecule has 0 amide bonds. The summed E-state index contributed by atoms with van der Waals surface area (Å²) in [5.41, 5.74) is 0.369. The van der Waals surface area contributed by atoms with Crippen LogP contribution in [0.3, 0.4) is 0 Å². The third-order valence-corrected chi connectivity index (χ3v) is 2.22. The van der Waals surface area contributed by atoms with Crippen molar-refractivity contribution in [3.63, 3.8) is 0 Å². The van der Waals surface area contributed by atoms with Crippen LogP contribution in [0.5, 0.6) is 11.5 Å². The molecule has 0 spiro atoms. The van der Waals surface area contributed by atoms with Crippen molar-refractivity contribution in [1.82, 2.24) is 0 Å². The fourth-order valence-electron chi connectivity index (χ4n) is 1.68. The molecule has 5 heteroatoms. The van der Waals surface area contributed by atoms with Crippen LogP contribution < -0.4 is 0 Å².